The van der Waals surface area contributed by atoms with E-state index in [4.69, 9.17) is 0 Å². The second-order valence-electron chi connectivity index (χ2n) is 7.68. The molecule has 0 bridgehead atoms. The van der Waals surface area contributed by atoms with Crippen LogP contribution >= 0.6 is 0 Å². The van der Waals surface area contributed by atoms with E-state index < -0.39 is 0 Å². The minimum Gasteiger partial charge on any atom is -0.261 e. The fourth-order valence-corrected chi connectivity index (χ4v) is 3.78. The standard InChI is InChI=1S/C22H39N/c1-6-8-10-12-14-16-22(5,15-13-11-9-7-2)21-18-23-20(4)17-19(21)3/h17-18H,6-16H2,1-5H3. The van der Waals surface area contributed by atoms with E-state index in [0.29, 0.717) is 5.41 Å². The summed E-state index contributed by atoms with van der Waals surface area (Å²) in [4.78, 5) is 4.61. The van der Waals surface area contributed by atoms with E-state index in [9.17, 15) is 0 Å². The molecule has 23 heavy (non-hydrogen) atoms. The fourth-order valence-electron chi connectivity index (χ4n) is 3.78. The predicted octanol–water partition coefficient (Wildman–Crippen LogP) is 7.29. The van der Waals surface area contributed by atoms with Gasteiger partial charge in [-0.1, -0.05) is 78.6 Å². The van der Waals surface area contributed by atoms with Crippen molar-refractivity contribution in [3.63, 3.8) is 0 Å². The molecule has 1 heterocycles. The van der Waals surface area contributed by atoms with Crippen LogP contribution in [0, 0.1) is 13.8 Å². The van der Waals surface area contributed by atoms with Crippen molar-refractivity contribution in [2.24, 2.45) is 0 Å². The first-order valence-corrected chi connectivity index (χ1v) is 9.97. The number of hydrogen-bond acceptors (Lipinski definition) is 1. The topological polar surface area (TPSA) is 12.9 Å². The molecule has 0 saturated heterocycles. The van der Waals surface area contributed by atoms with Crippen LogP contribution in [0.25, 0.3) is 0 Å². The highest BCUT2D eigenvalue weighted by Gasteiger charge is 2.27. The monoisotopic (exact) mass is 317 g/mol. The van der Waals surface area contributed by atoms with Gasteiger partial charge < -0.3 is 0 Å². The summed E-state index contributed by atoms with van der Waals surface area (Å²) in [6.45, 7) is 11.4. The molecule has 132 valence electrons. The molecule has 0 aliphatic rings. The minimum absolute atomic E-state index is 0.310. The lowest BCUT2D eigenvalue weighted by Gasteiger charge is -2.32. The average molecular weight is 318 g/mol. The Bertz CT molecular complexity index is 438. The molecule has 0 aliphatic heterocycles. The van der Waals surface area contributed by atoms with Crippen LogP contribution in [0.2, 0.25) is 0 Å². The van der Waals surface area contributed by atoms with Gasteiger partial charge in [0.2, 0.25) is 0 Å². The molecule has 0 radical (unpaired) electrons. The van der Waals surface area contributed by atoms with E-state index in [1.54, 1.807) is 0 Å². The molecule has 0 spiro atoms. The zero-order valence-electron chi connectivity index (χ0n) is 16.4. The number of hydrogen-bond donors (Lipinski definition) is 0. The third kappa shape index (κ3) is 7.06. The number of rotatable bonds is 12. The van der Waals surface area contributed by atoms with E-state index >= 15 is 0 Å². The first kappa shape index (κ1) is 20.2. The summed E-state index contributed by atoms with van der Waals surface area (Å²) in [5.41, 5.74) is 4.38. The smallest absolute Gasteiger partial charge is 0.0375 e. The van der Waals surface area contributed by atoms with E-state index in [-0.39, 0.29) is 0 Å². The summed E-state index contributed by atoms with van der Waals surface area (Å²) in [5.74, 6) is 0. The van der Waals surface area contributed by atoms with Crippen LogP contribution < -0.4 is 0 Å². The van der Waals surface area contributed by atoms with Crippen molar-refractivity contribution in [3.8, 4) is 0 Å². The molecule has 1 rings (SSSR count). The van der Waals surface area contributed by atoms with Crippen LogP contribution in [0.4, 0.5) is 0 Å². The highest BCUT2D eigenvalue weighted by molar-refractivity contribution is 5.31. The first-order valence-electron chi connectivity index (χ1n) is 9.97. The maximum absolute atomic E-state index is 4.61. The van der Waals surface area contributed by atoms with Crippen LogP contribution in [0.15, 0.2) is 12.3 Å². The number of nitrogens with zero attached hydrogens (tertiary/aromatic N) is 1. The summed E-state index contributed by atoms with van der Waals surface area (Å²) >= 11 is 0. The van der Waals surface area contributed by atoms with Crippen molar-refractivity contribution >= 4 is 0 Å². The fraction of sp³-hybridized carbons (Fsp3) is 0.773. The molecule has 0 amide bonds. The van der Waals surface area contributed by atoms with Gasteiger partial charge in [0.25, 0.3) is 0 Å². The molecule has 1 atom stereocenters. The third-order valence-corrected chi connectivity index (χ3v) is 5.31. The summed E-state index contributed by atoms with van der Waals surface area (Å²) in [7, 11) is 0. The van der Waals surface area contributed by atoms with Gasteiger partial charge >= 0.3 is 0 Å². The maximum Gasteiger partial charge on any atom is 0.0375 e. The number of aryl methyl sites for hydroxylation is 2. The molecule has 1 aromatic rings. The van der Waals surface area contributed by atoms with Crippen molar-refractivity contribution < 1.29 is 0 Å². The molecule has 0 fully saturated rings. The van der Waals surface area contributed by atoms with Crippen LogP contribution in [0.3, 0.4) is 0 Å². The molecular weight excluding hydrogens is 278 g/mol. The van der Waals surface area contributed by atoms with Gasteiger partial charge in [-0.05, 0) is 49.3 Å². The van der Waals surface area contributed by atoms with Gasteiger partial charge in [-0.3, -0.25) is 4.98 Å². The highest BCUT2D eigenvalue weighted by atomic mass is 14.7. The zero-order chi connectivity index (χ0) is 17.1. The quantitative estimate of drug-likeness (QED) is 0.369. The second kappa shape index (κ2) is 10.8. The molecule has 0 saturated carbocycles. The highest BCUT2D eigenvalue weighted by Crippen LogP contribution is 2.37. The average Bonchev–Trinajstić information content (AvgIpc) is 2.51. The van der Waals surface area contributed by atoms with Gasteiger partial charge in [0, 0.05) is 11.9 Å². The second-order valence-corrected chi connectivity index (χ2v) is 7.68. The molecule has 1 nitrogen and oxygen atoms in total. The Morgan fingerprint density at radius 2 is 1.35 bits per heavy atom. The van der Waals surface area contributed by atoms with Crippen LogP contribution in [0.5, 0.6) is 0 Å². The summed E-state index contributed by atoms with van der Waals surface area (Å²) in [6, 6.07) is 2.26. The largest absolute Gasteiger partial charge is 0.261 e. The molecule has 0 aromatic carbocycles. The van der Waals surface area contributed by atoms with E-state index in [1.165, 1.54) is 81.8 Å². The third-order valence-electron chi connectivity index (χ3n) is 5.31. The SMILES string of the molecule is CCCCCCCC(C)(CCCCCC)c1cnc(C)cc1C. The van der Waals surface area contributed by atoms with Gasteiger partial charge in [-0.15, -0.1) is 0 Å². The molecule has 1 unspecified atom stereocenters. The Balaban J connectivity index is 2.73. The van der Waals surface area contributed by atoms with E-state index in [1.807, 2.05) is 0 Å². The van der Waals surface area contributed by atoms with Crippen molar-refractivity contribution in [3.05, 3.63) is 29.1 Å². The van der Waals surface area contributed by atoms with Crippen molar-refractivity contribution in [2.75, 3.05) is 0 Å². The minimum atomic E-state index is 0.310. The van der Waals surface area contributed by atoms with Crippen molar-refractivity contribution in [1.82, 2.24) is 4.98 Å². The number of unbranched alkanes of at least 4 members (excludes halogenated alkanes) is 7. The number of pyridine rings is 1. The predicted molar refractivity (Wildman–Crippen MR) is 103 cm³/mol. The van der Waals surface area contributed by atoms with Gasteiger partial charge in [-0.2, -0.15) is 0 Å². The Morgan fingerprint density at radius 3 is 1.87 bits per heavy atom. The molecule has 1 aromatic heterocycles. The van der Waals surface area contributed by atoms with Crippen molar-refractivity contribution in [2.45, 2.75) is 111 Å². The summed E-state index contributed by atoms with van der Waals surface area (Å²) < 4.78 is 0. The molecule has 0 N–H and O–H groups in total. The molecule has 0 aliphatic carbocycles. The van der Waals surface area contributed by atoms with E-state index in [0.717, 1.165) is 5.69 Å². The van der Waals surface area contributed by atoms with Gasteiger partial charge in [0.1, 0.15) is 0 Å². The van der Waals surface area contributed by atoms with Gasteiger partial charge in [0.05, 0.1) is 0 Å². The molecular formula is C22H39N. The molecule has 1 heteroatoms. The Kier molecular flexibility index (Phi) is 9.52. The van der Waals surface area contributed by atoms with Gasteiger partial charge in [-0.25, -0.2) is 0 Å². The number of aromatic nitrogens is 1. The van der Waals surface area contributed by atoms with E-state index in [2.05, 4.69) is 51.9 Å². The van der Waals surface area contributed by atoms with Gasteiger partial charge in [0.15, 0.2) is 0 Å². The maximum atomic E-state index is 4.61. The van der Waals surface area contributed by atoms with Crippen molar-refractivity contribution in [1.29, 1.82) is 0 Å². The summed E-state index contributed by atoms with van der Waals surface area (Å²) in [6.07, 6.45) is 17.1. The lowest BCUT2D eigenvalue weighted by atomic mass is 9.73. The van der Waals surface area contributed by atoms with Crippen LogP contribution in [0.1, 0.15) is 108 Å². The van der Waals surface area contributed by atoms with Crippen LogP contribution in [-0.2, 0) is 5.41 Å². The Morgan fingerprint density at radius 1 is 0.826 bits per heavy atom. The lowest BCUT2D eigenvalue weighted by molar-refractivity contribution is 0.361. The normalized spacial score (nSPS) is 14.0. The summed E-state index contributed by atoms with van der Waals surface area (Å²) in [5, 5.41) is 0. The Hall–Kier alpha value is -0.850. The zero-order valence-corrected chi connectivity index (χ0v) is 16.4. The van der Waals surface area contributed by atoms with Crippen LogP contribution in [-0.4, -0.2) is 4.98 Å². The lowest BCUT2D eigenvalue weighted by Crippen LogP contribution is -2.24. The Labute approximate surface area is 145 Å². The first-order chi connectivity index (χ1) is 11.0.